The summed E-state index contributed by atoms with van der Waals surface area (Å²) in [4.78, 5) is 24.4. The SMILES string of the molecule is CCCCCC(=O)Oc1ccc(OC(=O)c2ccc(C3CCC(CCCCC)CC3)cc2)cc1. The van der Waals surface area contributed by atoms with E-state index in [0.717, 1.165) is 25.2 Å². The molecule has 2 aromatic carbocycles. The Morgan fingerprint density at radius 3 is 1.94 bits per heavy atom. The first kappa shape index (κ1) is 26.0. The van der Waals surface area contributed by atoms with Crippen LogP contribution in [0.25, 0.3) is 0 Å². The zero-order valence-electron chi connectivity index (χ0n) is 20.9. The van der Waals surface area contributed by atoms with Gasteiger partial charge in [-0.3, -0.25) is 4.79 Å². The van der Waals surface area contributed by atoms with E-state index in [2.05, 4.69) is 26.0 Å². The predicted octanol–water partition coefficient (Wildman–Crippen LogP) is 8.25. The summed E-state index contributed by atoms with van der Waals surface area (Å²) in [6.07, 6.45) is 13.9. The lowest BCUT2D eigenvalue weighted by molar-refractivity contribution is -0.134. The molecule has 2 aromatic rings. The van der Waals surface area contributed by atoms with Crippen LogP contribution in [0.15, 0.2) is 48.5 Å². The molecule has 184 valence electrons. The molecule has 0 spiro atoms. The Hall–Kier alpha value is -2.62. The number of ether oxygens (including phenoxy) is 2. The van der Waals surface area contributed by atoms with Crippen LogP contribution in [0, 0.1) is 5.92 Å². The normalized spacial score (nSPS) is 17.8. The summed E-state index contributed by atoms with van der Waals surface area (Å²) in [6.45, 7) is 4.36. The van der Waals surface area contributed by atoms with Crippen molar-refractivity contribution >= 4 is 11.9 Å². The van der Waals surface area contributed by atoms with Crippen molar-refractivity contribution in [1.29, 1.82) is 0 Å². The van der Waals surface area contributed by atoms with Gasteiger partial charge in [-0.15, -0.1) is 0 Å². The standard InChI is InChI=1S/C30H40O4/c1-3-5-7-9-23-11-13-24(14-12-23)25-15-17-26(18-16-25)30(32)34-28-21-19-27(20-22-28)33-29(31)10-8-6-4-2/h15-24H,3-14H2,1-2H3. The summed E-state index contributed by atoms with van der Waals surface area (Å²) >= 11 is 0. The molecule has 34 heavy (non-hydrogen) atoms. The Labute approximate surface area is 205 Å². The zero-order valence-corrected chi connectivity index (χ0v) is 20.9. The average molecular weight is 465 g/mol. The fraction of sp³-hybridized carbons (Fsp3) is 0.533. The Morgan fingerprint density at radius 1 is 0.735 bits per heavy atom. The number of carbonyl (C=O) groups is 2. The van der Waals surface area contributed by atoms with E-state index < -0.39 is 0 Å². The number of carbonyl (C=O) groups excluding carboxylic acids is 2. The van der Waals surface area contributed by atoms with Gasteiger partial charge in [0.15, 0.2) is 0 Å². The van der Waals surface area contributed by atoms with Gasteiger partial charge in [0.1, 0.15) is 11.5 Å². The van der Waals surface area contributed by atoms with Crippen LogP contribution in [0.4, 0.5) is 0 Å². The van der Waals surface area contributed by atoms with Gasteiger partial charge < -0.3 is 9.47 Å². The molecule has 1 fully saturated rings. The highest BCUT2D eigenvalue weighted by atomic mass is 16.5. The highest BCUT2D eigenvalue weighted by molar-refractivity contribution is 5.91. The molecule has 0 heterocycles. The average Bonchev–Trinajstić information content (AvgIpc) is 2.86. The smallest absolute Gasteiger partial charge is 0.343 e. The number of rotatable bonds is 12. The van der Waals surface area contributed by atoms with Gasteiger partial charge in [-0.05, 0) is 85.9 Å². The number of unbranched alkanes of at least 4 members (excludes halogenated alkanes) is 4. The number of esters is 2. The fourth-order valence-electron chi connectivity index (χ4n) is 4.80. The van der Waals surface area contributed by atoms with Gasteiger partial charge in [0.25, 0.3) is 0 Å². The Balaban J connectivity index is 1.45. The Morgan fingerprint density at radius 2 is 1.32 bits per heavy atom. The van der Waals surface area contributed by atoms with Crippen molar-refractivity contribution < 1.29 is 19.1 Å². The van der Waals surface area contributed by atoms with Crippen molar-refractivity contribution in [1.82, 2.24) is 0 Å². The van der Waals surface area contributed by atoms with Crippen LogP contribution in [0.3, 0.4) is 0 Å². The number of benzene rings is 2. The third kappa shape index (κ3) is 8.30. The molecule has 1 saturated carbocycles. The quantitative estimate of drug-likeness (QED) is 0.180. The topological polar surface area (TPSA) is 52.6 Å². The first-order valence-electron chi connectivity index (χ1n) is 13.2. The third-order valence-corrected chi connectivity index (χ3v) is 6.93. The van der Waals surface area contributed by atoms with E-state index in [1.54, 1.807) is 24.3 Å². The van der Waals surface area contributed by atoms with E-state index in [-0.39, 0.29) is 11.9 Å². The van der Waals surface area contributed by atoms with Crippen molar-refractivity contribution in [3.8, 4) is 11.5 Å². The summed E-state index contributed by atoms with van der Waals surface area (Å²) in [5.74, 6) is 1.78. The summed E-state index contributed by atoms with van der Waals surface area (Å²) in [5, 5.41) is 0. The molecule has 0 amide bonds. The molecule has 0 saturated heterocycles. The van der Waals surface area contributed by atoms with Crippen LogP contribution < -0.4 is 9.47 Å². The molecule has 4 nitrogen and oxygen atoms in total. The highest BCUT2D eigenvalue weighted by Gasteiger charge is 2.22. The molecule has 1 aliphatic carbocycles. The van der Waals surface area contributed by atoms with E-state index in [0.29, 0.717) is 29.4 Å². The van der Waals surface area contributed by atoms with E-state index in [1.165, 1.54) is 56.9 Å². The molecule has 4 heteroatoms. The maximum Gasteiger partial charge on any atom is 0.343 e. The van der Waals surface area contributed by atoms with Crippen LogP contribution in [0.1, 0.15) is 113 Å². The summed E-state index contributed by atoms with van der Waals surface area (Å²) in [5.41, 5.74) is 1.87. The molecule has 1 aliphatic rings. The monoisotopic (exact) mass is 464 g/mol. The molecule has 0 bridgehead atoms. The van der Waals surface area contributed by atoms with Crippen molar-refractivity contribution in [3.63, 3.8) is 0 Å². The lowest BCUT2D eigenvalue weighted by Gasteiger charge is -2.29. The van der Waals surface area contributed by atoms with Crippen molar-refractivity contribution in [2.24, 2.45) is 5.92 Å². The van der Waals surface area contributed by atoms with Crippen molar-refractivity contribution in [3.05, 3.63) is 59.7 Å². The minimum atomic E-state index is -0.379. The molecule has 0 aromatic heterocycles. The molecule has 0 N–H and O–H groups in total. The fourth-order valence-corrected chi connectivity index (χ4v) is 4.80. The van der Waals surface area contributed by atoms with E-state index >= 15 is 0 Å². The number of hydrogen-bond donors (Lipinski definition) is 0. The van der Waals surface area contributed by atoms with Crippen LogP contribution in [-0.2, 0) is 4.79 Å². The molecular weight excluding hydrogens is 424 g/mol. The van der Waals surface area contributed by atoms with Gasteiger partial charge in [-0.25, -0.2) is 4.79 Å². The molecular formula is C30H40O4. The summed E-state index contributed by atoms with van der Waals surface area (Å²) in [6, 6.07) is 14.5. The predicted molar refractivity (Wildman–Crippen MR) is 136 cm³/mol. The lowest BCUT2D eigenvalue weighted by Crippen LogP contribution is -2.14. The summed E-state index contributed by atoms with van der Waals surface area (Å²) in [7, 11) is 0. The van der Waals surface area contributed by atoms with Gasteiger partial charge >= 0.3 is 11.9 Å². The van der Waals surface area contributed by atoms with Crippen LogP contribution in [-0.4, -0.2) is 11.9 Å². The van der Waals surface area contributed by atoms with E-state index in [9.17, 15) is 9.59 Å². The highest BCUT2D eigenvalue weighted by Crippen LogP contribution is 2.37. The van der Waals surface area contributed by atoms with Gasteiger partial charge in [0.05, 0.1) is 5.56 Å². The zero-order chi connectivity index (χ0) is 24.2. The minimum absolute atomic E-state index is 0.233. The summed E-state index contributed by atoms with van der Waals surface area (Å²) < 4.78 is 10.8. The minimum Gasteiger partial charge on any atom is -0.427 e. The second-order valence-electron chi connectivity index (χ2n) is 9.63. The van der Waals surface area contributed by atoms with Gasteiger partial charge in [-0.1, -0.05) is 64.5 Å². The molecule has 3 rings (SSSR count). The maximum absolute atomic E-state index is 12.6. The second kappa shape index (κ2) is 13.9. The molecule has 0 atom stereocenters. The molecule has 0 radical (unpaired) electrons. The van der Waals surface area contributed by atoms with Crippen molar-refractivity contribution in [2.45, 2.75) is 96.8 Å². The first-order valence-corrected chi connectivity index (χ1v) is 13.2. The van der Waals surface area contributed by atoms with Gasteiger partial charge in [0, 0.05) is 6.42 Å². The number of hydrogen-bond acceptors (Lipinski definition) is 4. The molecule has 0 aliphatic heterocycles. The van der Waals surface area contributed by atoms with Crippen LogP contribution in [0.2, 0.25) is 0 Å². The van der Waals surface area contributed by atoms with Gasteiger partial charge in [0.2, 0.25) is 0 Å². The third-order valence-electron chi connectivity index (χ3n) is 6.93. The lowest BCUT2D eigenvalue weighted by atomic mass is 9.77. The van der Waals surface area contributed by atoms with Crippen LogP contribution >= 0.6 is 0 Å². The van der Waals surface area contributed by atoms with Gasteiger partial charge in [-0.2, -0.15) is 0 Å². The second-order valence-corrected chi connectivity index (χ2v) is 9.63. The maximum atomic E-state index is 12.6. The Kier molecular flexibility index (Phi) is 10.7. The molecule has 0 unspecified atom stereocenters. The van der Waals surface area contributed by atoms with E-state index in [1.807, 2.05) is 12.1 Å². The largest absolute Gasteiger partial charge is 0.427 e. The Bertz CT molecular complexity index is 877. The first-order chi connectivity index (χ1) is 16.6. The van der Waals surface area contributed by atoms with E-state index in [4.69, 9.17) is 9.47 Å². The van der Waals surface area contributed by atoms with Crippen molar-refractivity contribution in [2.75, 3.05) is 0 Å². The van der Waals surface area contributed by atoms with Crippen LogP contribution in [0.5, 0.6) is 11.5 Å².